The molecule has 1 amide bonds. The van der Waals surface area contributed by atoms with E-state index in [2.05, 4.69) is 5.32 Å². The fraction of sp³-hybridized carbons (Fsp3) is 0.316. The number of amides is 1. The largest absolute Gasteiger partial charge is 0.484 e. The minimum Gasteiger partial charge on any atom is -0.484 e. The molecule has 0 atom stereocenters. The molecule has 0 spiro atoms. The third kappa shape index (κ3) is 5.11. The van der Waals surface area contributed by atoms with Crippen LogP contribution < -0.4 is 10.1 Å². The van der Waals surface area contributed by atoms with E-state index in [1.54, 1.807) is 7.11 Å². The van der Waals surface area contributed by atoms with Crippen LogP contribution in [0.5, 0.6) is 5.75 Å². The van der Waals surface area contributed by atoms with Crippen molar-refractivity contribution in [2.45, 2.75) is 27.0 Å². The van der Waals surface area contributed by atoms with Crippen molar-refractivity contribution >= 4 is 5.91 Å². The molecule has 0 saturated heterocycles. The van der Waals surface area contributed by atoms with Crippen LogP contribution in [0.1, 0.15) is 22.3 Å². The SMILES string of the molecule is COCc1ccccc1CNC(=O)COc1ccc(C)c(C)c1. The number of methoxy groups -OCH3 is 1. The maximum absolute atomic E-state index is 11.9. The first-order chi connectivity index (χ1) is 11.1. The Morgan fingerprint density at radius 2 is 1.78 bits per heavy atom. The van der Waals surface area contributed by atoms with Gasteiger partial charge in [0.15, 0.2) is 6.61 Å². The minimum absolute atomic E-state index is 0.00887. The molecular formula is C19H23NO3. The zero-order valence-electron chi connectivity index (χ0n) is 13.9. The molecular weight excluding hydrogens is 290 g/mol. The summed E-state index contributed by atoms with van der Waals surface area (Å²) in [5.74, 6) is 0.568. The van der Waals surface area contributed by atoms with Crippen LogP contribution in [0.2, 0.25) is 0 Å². The van der Waals surface area contributed by atoms with Crippen LogP contribution in [0, 0.1) is 13.8 Å². The van der Waals surface area contributed by atoms with Gasteiger partial charge in [-0.15, -0.1) is 0 Å². The third-order valence-electron chi connectivity index (χ3n) is 3.74. The number of nitrogens with one attached hydrogen (secondary N) is 1. The lowest BCUT2D eigenvalue weighted by Gasteiger charge is -2.11. The quantitative estimate of drug-likeness (QED) is 0.854. The second-order valence-electron chi connectivity index (χ2n) is 5.51. The van der Waals surface area contributed by atoms with Crippen molar-refractivity contribution in [1.82, 2.24) is 5.32 Å². The van der Waals surface area contributed by atoms with Crippen LogP contribution in [-0.2, 0) is 22.7 Å². The highest BCUT2D eigenvalue weighted by atomic mass is 16.5. The van der Waals surface area contributed by atoms with E-state index in [1.165, 1.54) is 5.56 Å². The fourth-order valence-corrected chi connectivity index (χ4v) is 2.22. The van der Waals surface area contributed by atoms with Gasteiger partial charge in [-0.2, -0.15) is 0 Å². The molecule has 0 aliphatic carbocycles. The summed E-state index contributed by atoms with van der Waals surface area (Å²) >= 11 is 0. The second kappa shape index (κ2) is 8.34. The van der Waals surface area contributed by atoms with Gasteiger partial charge >= 0.3 is 0 Å². The lowest BCUT2D eigenvalue weighted by Crippen LogP contribution is -2.28. The number of benzene rings is 2. The van der Waals surface area contributed by atoms with Crippen molar-refractivity contribution in [2.24, 2.45) is 0 Å². The molecule has 4 nitrogen and oxygen atoms in total. The Morgan fingerprint density at radius 1 is 1.04 bits per heavy atom. The predicted octanol–water partition coefficient (Wildman–Crippen LogP) is 3.15. The van der Waals surface area contributed by atoms with Crippen molar-refractivity contribution in [3.05, 3.63) is 64.7 Å². The molecule has 0 radical (unpaired) electrons. The highest BCUT2D eigenvalue weighted by Crippen LogP contribution is 2.16. The molecule has 1 N–H and O–H groups in total. The van der Waals surface area contributed by atoms with Crippen LogP contribution >= 0.6 is 0 Å². The average molecular weight is 313 g/mol. The predicted molar refractivity (Wildman–Crippen MR) is 90.4 cm³/mol. The molecule has 2 rings (SSSR count). The Hall–Kier alpha value is -2.33. The highest BCUT2D eigenvalue weighted by Gasteiger charge is 2.06. The normalized spacial score (nSPS) is 10.4. The Morgan fingerprint density at radius 3 is 2.48 bits per heavy atom. The number of rotatable bonds is 7. The molecule has 0 aliphatic heterocycles. The van der Waals surface area contributed by atoms with E-state index in [9.17, 15) is 4.79 Å². The van der Waals surface area contributed by atoms with Crippen molar-refractivity contribution in [2.75, 3.05) is 13.7 Å². The number of hydrogen-bond donors (Lipinski definition) is 1. The first kappa shape index (κ1) is 17.0. The molecule has 4 heteroatoms. The molecule has 122 valence electrons. The lowest BCUT2D eigenvalue weighted by molar-refractivity contribution is -0.123. The van der Waals surface area contributed by atoms with Gasteiger partial charge in [0.05, 0.1) is 6.61 Å². The first-order valence-electron chi connectivity index (χ1n) is 7.62. The fourth-order valence-electron chi connectivity index (χ4n) is 2.22. The second-order valence-corrected chi connectivity index (χ2v) is 5.51. The van der Waals surface area contributed by atoms with Gasteiger partial charge in [0.1, 0.15) is 5.75 Å². The van der Waals surface area contributed by atoms with E-state index in [0.29, 0.717) is 18.9 Å². The van der Waals surface area contributed by atoms with Crippen molar-refractivity contribution < 1.29 is 14.3 Å². The van der Waals surface area contributed by atoms with Gasteiger partial charge in [-0.05, 0) is 48.2 Å². The van der Waals surface area contributed by atoms with Gasteiger partial charge in [0.2, 0.25) is 0 Å². The summed E-state index contributed by atoms with van der Waals surface area (Å²) in [6, 6.07) is 13.7. The van der Waals surface area contributed by atoms with E-state index in [-0.39, 0.29) is 12.5 Å². The van der Waals surface area contributed by atoms with Gasteiger partial charge < -0.3 is 14.8 Å². The Labute approximate surface area is 137 Å². The topological polar surface area (TPSA) is 47.6 Å². The molecule has 0 saturated carbocycles. The van der Waals surface area contributed by atoms with Gasteiger partial charge in [-0.25, -0.2) is 0 Å². The highest BCUT2D eigenvalue weighted by molar-refractivity contribution is 5.77. The minimum atomic E-state index is -0.143. The first-order valence-corrected chi connectivity index (χ1v) is 7.62. The van der Waals surface area contributed by atoms with Crippen LogP contribution in [-0.4, -0.2) is 19.6 Å². The van der Waals surface area contributed by atoms with E-state index < -0.39 is 0 Å². The smallest absolute Gasteiger partial charge is 0.258 e. The standard InChI is InChI=1S/C19H23NO3/c1-14-8-9-18(10-15(14)2)23-13-19(21)20-11-16-6-4-5-7-17(16)12-22-3/h4-10H,11-13H2,1-3H3,(H,20,21). The zero-order chi connectivity index (χ0) is 16.7. The summed E-state index contributed by atoms with van der Waals surface area (Å²) in [6.07, 6.45) is 0. The molecule has 0 bridgehead atoms. The molecule has 2 aromatic rings. The zero-order valence-corrected chi connectivity index (χ0v) is 13.9. The molecule has 0 unspecified atom stereocenters. The summed E-state index contributed by atoms with van der Waals surface area (Å²) in [7, 11) is 1.66. The number of ether oxygens (including phenoxy) is 2. The number of carbonyl (C=O) groups excluding carboxylic acids is 1. The maximum atomic E-state index is 11.9. The molecule has 0 heterocycles. The summed E-state index contributed by atoms with van der Waals surface area (Å²) in [6.45, 7) is 5.08. The average Bonchev–Trinajstić information content (AvgIpc) is 2.55. The van der Waals surface area contributed by atoms with Gasteiger partial charge in [-0.1, -0.05) is 30.3 Å². The van der Waals surface area contributed by atoms with E-state index >= 15 is 0 Å². The van der Waals surface area contributed by atoms with Crippen LogP contribution in [0.3, 0.4) is 0 Å². The summed E-state index contributed by atoms with van der Waals surface area (Å²) < 4.78 is 10.7. The van der Waals surface area contributed by atoms with Gasteiger partial charge in [-0.3, -0.25) is 4.79 Å². The Balaban J connectivity index is 1.84. The molecule has 0 fully saturated rings. The summed E-state index contributed by atoms with van der Waals surface area (Å²) in [5, 5.41) is 2.87. The number of hydrogen-bond acceptors (Lipinski definition) is 3. The summed E-state index contributed by atoms with van der Waals surface area (Å²) in [5.41, 5.74) is 4.48. The van der Waals surface area contributed by atoms with E-state index in [1.807, 2.05) is 56.3 Å². The number of aryl methyl sites for hydroxylation is 2. The third-order valence-corrected chi connectivity index (χ3v) is 3.74. The molecule has 0 aromatic heterocycles. The Bertz CT molecular complexity index is 667. The molecule has 23 heavy (non-hydrogen) atoms. The van der Waals surface area contributed by atoms with E-state index in [4.69, 9.17) is 9.47 Å². The van der Waals surface area contributed by atoms with Crippen molar-refractivity contribution in [3.63, 3.8) is 0 Å². The monoisotopic (exact) mass is 313 g/mol. The Kier molecular flexibility index (Phi) is 6.18. The van der Waals surface area contributed by atoms with Crippen LogP contribution in [0.15, 0.2) is 42.5 Å². The maximum Gasteiger partial charge on any atom is 0.258 e. The van der Waals surface area contributed by atoms with Gasteiger partial charge in [0, 0.05) is 13.7 Å². The summed E-state index contributed by atoms with van der Waals surface area (Å²) in [4.78, 5) is 11.9. The molecule has 0 aliphatic rings. The van der Waals surface area contributed by atoms with Crippen LogP contribution in [0.4, 0.5) is 0 Å². The van der Waals surface area contributed by atoms with Crippen molar-refractivity contribution in [3.8, 4) is 5.75 Å². The lowest BCUT2D eigenvalue weighted by atomic mass is 10.1. The molecule has 2 aromatic carbocycles. The van der Waals surface area contributed by atoms with E-state index in [0.717, 1.165) is 16.7 Å². The van der Waals surface area contributed by atoms with Crippen molar-refractivity contribution in [1.29, 1.82) is 0 Å². The van der Waals surface area contributed by atoms with Gasteiger partial charge in [0.25, 0.3) is 5.91 Å². The van der Waals surface area contributed by atoms with Crippen LogP contribution in [0.25, 0.3) is 0 Å². The number of carbonyl (C=O) groups is 1.